The maximum atomic E-state index is 5.41. The fourth-order valence-electron chi connectivity index (χ4n) is 2.67. The Balaban J connectivity index is 2.09. The van der Waals surface area contributed by atoms with Crippen LogP contribution in [-0.4, -0.2) is 36.7 Å². The van der Waals surface area contributed by atoms with Crippen LogP contribution in [0.25, 0.3) is 0 Å². The standard InChI is InChI=1S/C10H19NO/c1-9-3-4-10(11(9)2)5-7-12-8-6-10/h9H,3-8H2,1-2H3. The number of hydrogen-bond acceptors (Lipinski definition) is 2. The van der Waals surface area contributed by atoms with Gasteiger partial charge in [-0.15, -0.1) is 0 Å². The maximum Gasteiger partial charge on any atom is 0.0483 e. The summed E-state index contributed by atoms with van der Waals surface area (Å²) in [5.41, 5.74) is 0.512. The van der Waals surface area contributed by atoms with Gasteiger partial charge in [-0.25, -0.2) is 0 Å². The van der Waals surface area contributed by atoms with Crippen LogP contribution < -0.4 is 0 Å². The fraction of sp³-hybridized carbons (Fsp3) is 1.00. The van der Waals surface area contributed by atoms with Gasteiger partial charge >= 0.3 is 0 Å². The van der Waals surface area contributed by atoms with Crippen molar-refractivity contribution in [3.63, 3.8) is 0 Å². The van der Waals surface area contributed by atoms with Gasteiger partial charge in [-0.05, 0) is 39.7 Å². The highest BCUT2D eigenvalue weighted by Gasteiger charge is 2.42. The Labute approximate surface area is 74.9 Å². The quantitative estimate of drug-likeness (QED) is 0.546. The van der Waals surface area contributed by atoms with Crippen molar-refractivity contribution in [1.82, 2.24) is 4.90 Å². The molecule has 0 aromatic heterocycles. The zero-order valence-corrected chi connectivity index (χ0v) is 8.18. The number of ether oxygens (including phenoxy) is 1. The van der Waals surface area contributed by atoms with E-state index in [0.29, 0.717) is 5.54 Å². The first-order valence-electron chi connectivity index (χ1n) is 5.05. The molecule has 2 nitrogen and oxygen atoms in total. The average molecular weight is 169 g/mol. The molecular weight excluding hydrogens is 150 g/mol. The predicted molar refractivity (Wildman–Crippen MR) is 49.2 cm³/mol. The minimum atomic E-state index is 0.512. The summed E-state index contributed by atoms with van der Waals surface area (Å²) in [4.78, 5) is 2.58. The molecule has 0 aromatic rings. The third kappa shape index (κ3) is 1.17. The molecular formula is C10H19NO. The fourth-order valence-corrected chi connectivity index (χ4v) is 2.67. The number of nitrogens with zero attached hydrogens (tertiary/aromatic N) is 1. The van der Waals surface area contributed by atoms with Crippen molar-refractivity contribution in [3.05, 3.63) is 0 Å². The van der Waals surface area contributed by atoms with E-state index in [1.807, 2.05) is 0 Å². The van der Waals surface area contributed by atoms with E-state index in [-0.39, 0.29) is 0 Å². The van der Waals surface area contributed by atoms with Crippen LogP contribution in [0.2, 0.25) is 0 Å². The van der Waals surface area contributed by atoms with Crippen LogP contribution in [0, 0.1) is 0 Å². The molecule has 0 aliphatic carbocycles. The monoisotopic (exact) mass is 169 g/mol. The number of rotatable bonds is 0. The van der Waals surface area contributed by atoms with Crippen molar-refractivity contribution >= 4 is 0 Å². The van der Waals surface area contributed by atoms with Crippen LogP contribution >= 0.6 is 0 Å². The molecule has 70 valence electrons. The summed E-state index contributed by atoms with van der Waals surface area (Å²) >= 11 is 0. The topological polar surface area (TPSA) is 12.5 Å². The molecule has 0 aromatic carbocycles. The van der Waals surface area contributed by atoms with Crippen LogP contribution in [0.15, 0.2) is 0 Å². The lowest BCUT2D eigenvalue weighted by atomic mass is 9.88. The Morgan fingerprint density at radius 2 is 1.92 bits per heavy atom. The summed E-state index contributed by atoms with van der Waals surface area (Å²) in [6.07, 6.45) is 5.24. The van der Waals surface area contributed by atoms with Gasteiger partial charge in [-0.2, -0.15) is 0 Å². The van der Waals surface area contributed by atoms with E-state index in [9.17, 15) is 0 Å². The van der Waals surface area contributed by atoms with Gasteiger partial charge in [0, 0.05) is 24.8 Å². The second-order valence-electron chi connectivity index (χ2n) is 4.34. The lowest BCUT2D eigenvalue weighted by Gasteiger charge is -2.40. The van der Waals surface area contributed by atoms with Gasteiger partial charge < -0.3 is 4.74 Å². The summed E-state index contributed by atoms with van der Waals surface area (Å²) in [6, 6.07) is 0.781. The van der Waals surface area contributed by atoms with Crippen molar-refractivity contribution in [2.75, 3.05) is 20.3 Å². The van der Waals surface area contributed by atoms with Gasteiger partial charge in [0.2, 0.25) is 0 Å². The largest absolute Gasteiger partial charge is 0.381 e. The van der Waals surface area contributed by atoms with Crippen molar-refractivity contribution in [1.29, 1.82) is 0 Å². The van der Waals surface area contributed by atoms with Crippen LogP contribution in [0.3, 0.4) is 0 Å². The summed E-state index contributed by atoms with van der Waals surface area (Å²) < 4.78 is 5.41. The molecule has 1 spiro atoms. The molecule has 2 saturated heterocycles. The third-order valence-corrected chi connectivity index (χ3v) is 3.86. The van der Waals surface area contributed by atoms with Gasteiger partial charge in [0.15, 0.2) is 0 Å². The van der Waals surface area contributed by atoms with E-state index < -0.39 is 0 Å². The Morgan fingerprint density at radius 3 is 2.42 bits per heavy atom. The van der Waals surface area contributed by atoms with E-state index in [1.54, 1.807) is 0 Å². The van der Waals surface area contributed by atoms with E-state index in [0.717, 1.165) is 19.3 Å². The first-order valence-corrected chi connectivity index (χ1v) is 5.05. The summed E-state index contributed by atoms with van der Waals surface area (Å²) in [7, 11) is 2.28. The van der Waals surface area contributed by atoms with Crippen molar-refractivity contribution < 1.29 is 4.74 Å². The lowest BCUT2D eigenvalue weighted by Crippen LogP contribution is -2.47. The Morgan fingerprint density at radius 1 is 1.25 bits per heavy atom. The highest BCUT2D eigenvalue weighted by Crippen LogP contribution is 2.39. The van der Waals surface area contributed by atoms with Gasteiger partial charge in [-0.1, -0.05) is 0 Å². The Bertz CT molecular complexity index is 158. The van der Waals surface area contributed by atoms with Crippen LogP contribution in [0.1, 0.15) is 32.6 Å². The SMILES string of the molecule is CC1CCC2(CCOCC2)N1C. The first-order chi connectivity index (χ1) is 5.75. The second kappa shape index (κ2) is 3.00. The van der Waals surface area contributed by atoms with Crippen LogP contribution in [0.4, 0.5) is 0 Å². The van der Waals surface area contributed by atoms with E-state index in [2.05, 4.69) is 18.9 Å². The molecule has 0 amide bonds. The van der Waals surface area contributed by atoms with Crippen molar-refractivity contribution in [2.45, 2.75) is 44.2 Å². The highest BCUT2D eigenvalue weighted by atomic mass is 16.5. The molecule has 2 heteroatoms. The number of hydrogen-bond donors (Lipinski definition) is 0. The predicted octanol–water partition coefficient (Wildman–Crippen LogP) is 1.65. The molecule has 2 aliphatic rings. The van der Waals surface area contributed by atoms with Crippen molar-refractivity contribution in [2.24, 2.45) is 0 Å². The minimum absolute atomic E-state index is 0.512. The summed E-state index contributed by atoms with van der Waals surface area (Å²) in [5, 5.41) is 0. The molecule has 0 bridgehead atoms. The molecule has 0 radical (unpaired) electrons. The normalized spacial score (nSPS) is 36.0. The van der Waals surface area contributed by atoms with Gasteiger partial charge in [0.1, 0.15) is 0 Å². The van der Waals surface area contributed by atoms with E-state index in [4.69, 9.17) is 4.74 Å². The lowest BCUT2D eigenvalue weighted by molar-refractivity contribution is -0.00620. The average Bonchev–Trinajstić information content (AvgIpc) is 2.37. The second-order valence-corrected chi connectivity index (χ2v) is 4.34. The number of likely N-dealkylation sites (tertiary alicyclic amines) is 1. The molecule has 2 rings (SSSR count). The molecule has 2 fully saturated rings. The zero-order valence-electron chi connectivity index (χ0n) is 8.18. The van der Waals surface area contributed by atoms with Crippen molar-refractivity contribution in [3.8, 4) is 0 Å². The maximum absolute atomic E-state index is 5.41. The summed E-state index contributed by atoms with van der Waals surface area (Å²) in [6.45, 7) is 4.28. The Hall–Kier alpha value is -0.0800. The smallest absolute Gasteiger partial charge is 0.0483 e. The molecule has 1 atom stereocenters. The zero-order chi connectivity index (χ0) is 8.60. The summed E-state index contributed by atoms with van der Waals surface area (Å²) in [5.74, 6) is 0. The molecule has 1 unspecified atom stereocenters. The van der Waals surface area contributed by atoms with Crippen LogP contribution in [-0.2, 0) is 4.74 Å². The minimum Gasteiger partial charge on any atom is -0.381 e. The van der Waals surface area contributed by atoms with E-state index in [1.165, 1.54) is 25.7 Å². The third-order valence-electron chi connectivity index (χ3n) is 3.86. The molecule has 2 heterocycles. The molecule has 0 saturated carbocycles. The van der Waals surface area contributed by atoms with Gasteiger partial charge in [0.05, 0.1) is 0 Å². The molecule has 12 heavy (non-hydrogen) atoms. The first kappa shape index (κ1) is 8.52. The molecule has 2 aliphatic heterocycles. The van der Waals surface area contributed by atoms with Crippen LogP contribution in [0.5, 0.6) is 0 Å². The van der Waals surface area contributed by atoms with Gasteiger partial charge in [0.25, 0.3) is 0 Å². The van der Waals surface area contributed by atoms with Gasteiger partial charge in [-0.3, -0.25) is 4.90 Å². The molecule has 0 N–H and O–H groups in total. The Kier molecular flexibility index (Phi) is 2.13. The highest BCUT2D eigenvalue weighted by molar-refractivity contribution is 4.98. The van der Waals surface area contributed by atoms with E-state index >= 15 is 0 Å².